The number of nitrogens with one attached hydrogen (secondary N) is 2. The van der Waals surface area contributed by atoms with Crippen LogP contribution in [0.15, 0.2) is 29.2 Å². The molecule has 27 heavy (non-hydrogen) atoms. The average molecular weight is 395 g/mol. The maximum absolute atomic E-state index is 12.3. The minimum Gasteiger partial charge on any atom is -0.480 e. The first-order chi connectivity index (χ1) is 12.8. The van der Waals surface area contributed by atoms with Gasteiger partial charge in [0.15, 0.2) is 0 Å². The zero-order valence-corrected chi connectivity index (χ0v) is 16.0. The summed E-state index contributed by atoms with van der Waals surface area (Å²) in [4.78, 5) is 25.5. The van der Waals surface area contributed by atoms with E-state index in [0.717, 1.165) is 19.4 Å². The second kappa shape index (κ2) is 7.95. The molecule has 1 amide bonds. The van der Waals surface area contributed by atoms with Gasteiger partial charge in [0.1, 0.15) is 0 Å². The third-order valence-electron chi connectivity index (χ3n) is 5.19. The van der Waals surface area contributed by atoms with Crippen LogP contribution in [0, 0.1) is 5.92 Å². The summed E-state index contributed by atoms with van der Waals surface area (Å²) in [5, 5.41) is 12.0. The van der Waals surface area contributed by atoms with Crippen molar-refractivity contribution in [2.45, 2.75) is 42.7 Å². The van der Waals surface area contributed by atoms with Crippen molar-refractivity contribution >= 4 is 21.9 Å². The molecule has 0 unspecified atom stereocenters. The predicted molar refractivity (Wildman–Crippen MR) is 98.9 cm³/mol. The van der Waals surface area contributed by atoms with Crippen LogP contribution >= 0.6 is 0 Å². The molecule has 1 aromatic rings. The standard InChI is InChI=1S/C18H25N3O5S/c1-19-27(25,26)16-6-4-13(5-7-16)18(24)20-14-8-15(9-14)21(11-17(22)23)10-12-2-3-12/h4-7,12,14-15,19H,2-3,8-11H2,1H3,(H,20,24)(H,22,23). The lowest BCUT2D eigenvalue weighted by molar-refractivity contribution is -0.139. The molecule has 0 atom stereocenters. The largest absolute Gasteiger partial charge is 0.480 e. The highest BCUT2D eigenvalue weighted by Gasteiger charge is 2.37. The third kappa shape index (κ3) is 5.06. The number of carbonyl (C=O) groups is 2. The van der Waals surface area contributed by atoms with Crippen LogP contribution < -0.4 is 10.0 Å². The summed E-state index contributed by atoms with van der Waals surface area (Å²) in [7, 11) is -2.19. The molecular weight excluding hydrogens is 370 g/mol. The topological polar surface area (TPSA) is 116 Å². The Morgan fingerprint density at radius 2 is 1.81 bits per heavy atom. The number of sulfonamides is 1. The normalized spacial score (nSPS) is 22.3. The fourth-order valence-electron chi connectivity index (χ4n) is 3.32. The zero-order chi connectivity index (χ0) is 19.6. The minimum absolute atomic E-state index is 0.0127. The lowest BCUT2D eigenvalue weighted by atomic mass is 9.85. The van der Waals surface area contributed by atoms with Crippen molar-refractivity contribution < 1.29 is 23.1 Å². The Balaban J connectivity index is 1.51. The fraction of sp³-hybridized carbons (Fsp3) is 0.556. The molecule has 2 aliphatic carbocycles. The second-order valence-corrected chi connectivity index (χ2v) is 9.18. The Hall–Kier alpha value is -1.97. The van der Waals surface area contributed by atoms with E-state index in [1.165, 1.54) is 44.2 Å². The van der Waals surface area contributed by atoms with Crippen LogP contribution in [-0.2, 0) is 14.8 Å². The van der Waals surface area contributed by atoms with Crippen LogP contribution in [0.3, 0.4) is 0 Å². The van der Waals surface area contributed by atoms with E-state index < -0.39 is 16.0 Å². The maximum atomic E-state index is 12.3. The van der Waals surface area contributed by atoms with Crippen molar-refractivity contribution in [1.29, 1.82) is 0 Å². The van der Waals surface area contributed by atoms with Gasteiger partial charge < -0.3 is 10.4 Å². The second-order valence-electron chi connectivity index (χ2n) is 7.29. The van der Waals surface area contributed by atoms with Gasteiger partial charge in [0, 0.05) is 24.2 Å². The van der Waals surface area contributed by atoms with Gasteiger partial charge in [0.25, 0.3) is 5.91 Å². The lowest BCUT2D eigenvalue weighted by Gasteiger charge is -2.42. The van der Waals surface area contributed by atoms with E-state index in [9.17, 15) is 18.0 Å². The molecule has 8 nitrogen and oxygen atoms in total. The van der Waals surface area contributed by atoms with Gasteiger partial charge in [-0.2, -0.15) is 0 Å². The Labute approximate surface area is 159 Å². The van der Waals surface area contributed by atoms with Crippen molar-refractivity contribution in [2.75, 3.05) is 20.1 Å². The molecule has 2 fully saturated rings. The SMILES string of the molecule is CNS(=O)(=O)c1ccc(C(=O)NC2CC(N(CC(=O)O)CC3CC3)C2)cc1. The molecule has 0 heterocycles. The van der Waals surface area contributed by atoms with Gasteiger partial charge in [-0.3, -0.25) is 14.5 Å². The molecule has 9 heteroatoms. The van der Waals surface area contributed by atoms with Crippen molar-refractivity contribution in [2.24, 2.45) is 5.92 Å². The number of benzene rings is 1. The highest BCUT2D eigenvalue weighted by Crippen LogP contribution is 2.33. The van der Waals surface area contributed by atoms with E-state index in [0.29, 0.717) is 11.5 Å². The van der Waals surface area contributed by atoms with Gasteiger partial charge in [-0.25, -0.2) is 13.1 Å². The zero-order valence-electron chi connectivity index (χ0n) is 15.2. The maximum Gasteiger partial charge on any atom is 0.317 e. The first kappa shape index (κ1) is 19.8. The molecule has 0 spiro atoms. The summed E-state index contributed by atoms with van der Waals surface area (Å²) in [6, 6.07) is 5.97. The molecule has 0 aliphatic heterocycles. The van der Waals surface area contributed by atoms with Crippen molar-refractivity contribution in [3.8, 4) is 0 Å². The molecule has 2 saturated carbocycles. The Kier molecular flexibility index (Phi) is 5.83. The van der Waals surface area contributed by atoms with Gasteiger partial charge in [-0.05, 0) is 62.9 Å². The number of aliphatic carboxylic acids is 1. The number of hydrogen-bond acceptors (Lipinski definition) is 5. The number of hydrogen-bond donors (Lipinski definition) is 3. The molecule has 2 aliphatic rings. The Morgan fingerprint density at radius 3 is 2.33 bits per heavy atom. The first-order valence-electron chi connectivity index (χ1n) is 9.09. The average Bonchev–Trinajstić information content (AvgIpc) is 3.40. The summed E-state index contributed by atoms with van der Waals surface area (Å²) in [6.45, 7) is 0.863. The predicted octanol–water partition coefficient (Wildman–Crippen LogP) is 0.652. The molecular formula is C18H25N3O5S. The molecule has 0 bridgehead atoms. The number of amides is 1. The monoisotopic (exact) mass is 395 g/mol. The quantitative estimate of drug-likeness (QED) is 0.565. The third-order valence-corrected chi connectivity index (χ3v) is 6.62. The van der Waals surface area contributed by atoms with E-state index in [4.69, 9.17) is 5.11 Å². The summed E-state index contributed by atoms with van der Waals surface area (Å²) in [6.07, 6.45) is 3.81. The van der Waals surface area contributed by atoms with Crippen molar-refractivity contribution in [1.82, 2.24) is 14.9 Å². The summed E-state index contributed by atoms with van der Waals surface area (Å²) in [5.41, 5.74) is 0.397. The molecule has 0 saturated heterocycles. The lowest BCUT2D eigenvalue weighted by Crippen LogP contribution is -2.55. The van der Waals surface area contributed by atoms with E-state index >= 15 is 0 Å². The van der Waals surface area contributed by atoms with E-state index in [2.05, 4.69) is 10.0 Å². The highest BCUT2D eigenvalue weighted by atomic mass is 32.2. The summed E-state index contributed by atoms with van der Waals surface area (Å²) < 4.78 is 25.7. The minimum atomic E-state index is -3.52. The molecule has 0 radical (unpaired) electrons. The van der Waals surface area contributed by atoms with E-state index in [1.54, 1.807) is 0 Å². The highest BCUT2D eigenvalue weighted by molar-refractivity contribution is 7.89. The Morgan fingerprint density at radius 1 is 1.19 bits per heavy atom. The molecule has 0 aromatic heterocycles. The Bertz CT molecular complexity index is 799. The smallest absolute Gasteiger partial charge is 0.317 e. The van der Waals surface area contributed by atoms with E-state index in [1.807, 2.05) is 4.90 Å². The van der Waals surface area contributed by atoms with Gasteiger partial charge in [-0.1, -0.05) is 0 Å². The van der Waals surface area contributed by atoms with Crippen molar-refractivity contribution in [3.05, 3.63) is 29.8 Å². The summed E-state index contributed by atoms with van der Waals surface area (Å²) in [5.74, 6) is -0.455. The van der Waals surface area contributed by atoms with Crippen LogP contribution in [0.2, 0.25) is 0 Å². The number of carbonyl (C=O) groups excluding carboxylic acids is 1. The molecule has 3 N–H and O–H groups in total. The number of rotatable bonds is 9. The van der Waals surface area contributed by atoms with Crippen LogP contribution in [-0.4, -0.2) is 62.5 Å². The van der Waals surface area contributed by atoms with Gasteiger partial charge in [-0.15, -0.1) is 0 Å². The number of carboxylic acids is 1. The van der Waals surface area contributed by atoms with Gasteiger partial charge in [0.05, 0.1) is 11.4 Å². The van der Waals surface area contributed by atoms with Crippen LogP contribution in [0.1, 0.15) is 36.0 Å². The molecule has 148 valence electrons. The van der Waals surface area contributed by atoms with Gasteiger partial charge in [0.2, 0.25) is 10.0 Å². The van der Waals surface area contributed by atoms with Gasteiger partial charge >= 0.3 is 5.97 Å². The van der Waals surface area contributed by atoms with Crippen molar-refractivity contribution in [3.63, 3.8) is 0 Å². The molecule has 1 aromatic carbocycles. The van der Waals surface area contributed by atoms with Crippen LogP contribution in [0.4, 0.5) is 0 Å². The first-order valence-corrected chi connectivity index (χ1v) is 10.6. The number of nitrogens with zero attached hydrogens (tertiary/aromatic N) is 1. The van der Waals surface area contributed by atoms with Crippen LogP contribution in [0.5, 0.6) is 0 Å². The summed E-state index contributed by atoms with van der Waals surface area (Å²) >= 11 is 0. The van der Waals surface area contributed by atoms with E-state index in [-0.39, 0.29) is 29.4 Å². The number of carboxylic acid groups (broad SMARTS) is 1. The fourth-order valence-corrected chi connectivity index (χ4v) is 4.05. The molecule has 3 rings (SSSR count). The van der Waals surface area contributed by atoms with Crippen LogP contribution in [0.25, 0.3) is 0 Å².